The molecule has 2 heterocycles. The van der Waals surface area contributed by atoms with Gasteiger partial charge in [-0.3, -0.25) is 4.90 Å². The molecular weight excluding hydrogens is 236 g/mol. The standard InChI is InChI=1S/C15H22N4/c1-18-4-6-19(7-5-18)11-13-10-17-15-8-12(9-16)2-3-14(13)15/h2-3,8,10,17H,4-7,9,11,16H2,1H3. The number of piperazine rings is 1. The molecule has 0 unspecified atom stereocenters. The van der Waals surface area contributed by atoms with E-state index >= 15 is 0 Å². The molecule has 0 amide bonds. The van der Waals surface area contributed by atoms with E-state index in [1.807, 2.05) is 0 Å². The molecule has 19 heavy (non-hydrogen) atoms. The number of nitrogens with zero attached hydrogens (tertiary/aromatic N) is 2. The second-order valence-corrected chi connectivity index (χ2v) is 5.48. The van der Waals surface area contributed by atoms with Crippen LogP contribution >= 0.6 is 0 Å². The van der Waals surface area contributed by atoms with Gasteiger partial charge < -0.3 is 15.6 Å². The molecule has 0 saturated carbocycles. The van der Waals surface area contributed by atoms with Crippen LogP contribution < -0.4 is 5.73 Å². The lowest BCUT2D eigenvalue weighted by Gasteiger charge is -2.32. The number of H-pyrrole nitrogens is 1. The monoisotopic (exact) mass is 258 g/mol. The lowest BCUT2D eigenvalue weighted by atomic mass is 10.1. The zero-order valence-corrected chi connectivity index (χ0v) is 11.5. The second-order valence-electron chi connectivity index (χ2n) is 5.48. The molecule has 4 heteroatoms. The third-order valence-corrected chi connectivity index (χ3v) is 4.06. The summed E-state index contributed by atoms with van der Waals surface area (Å²) in [4.78, 5) is 8.28. The summed E-state index contributed by atoms with van der Waals surface area (Å²) in [5.74, 6) is 0. The highest BCUT2D eigenvalue weighted by atomic mass is 15.2. The van der Waals surface area contributed by atoms with Crippen LogP contribution in [0.3, 0.4) is 0 Å². The average Bonchev–Trinajstić information content (AvgIpc) is 2.83. The molecule has 102 valence electrons. The molecule has 4 nitrogen and oxygen atoms in total. The Kier molecular flexibility index (Phi) is 3.55. The number of benzene rings is 1. The van der Waals surface area contributed by atoms with Gasteiger partial charge in [-0.05, 0) is 24.2 Å². The van der Waals surface area contributed by atoms with Crippen LogP contribution in [0.5, 0.6) is 0 Å². The summed E-state index contributed by atoms with van der Waals surface area (Å²) in [6.07, 6.45) is 2.14. The summed E-state index contributed by atoms with van der Waals surface area (Å²) in [5.41, 5.74) is 9.46. The Labute approximate surface area is 114 Å². The van der Waals surface area contributed by atoms with Crippen molar-refractivity contribution in [3.05, 3.63) is 35.5 Å². The molecule has 1 aliphatic rings. The summed E-state index contributed by atoms with van der Waals surface area (Å²) in [5, 5.41) is 1.33. The number of hydrogen-bond donors (Lipinski definition) is 2. The number of nitrogens with two attached hydrogens (primary N) is 1. The zero-order chi connectivity index (χ0) is 13.2. The van der Waals surface area contributed by atoms with E-state index in [-0.39, 0.29) is 0 Å². The Balaban J connectivity index is 1.78. The van der Waals surface area contributed by atoms with E-state index in [4.69, 9.17) is 5.73 Å². The maximum atomic E-state index is 5.68. The van der Waals surface area contributed by atoms with Crippen molar-refractivity contribution in [2.75, 3.05) is 33.2 Å². The van der Waals surface area contributed by atoms with E-state index in [1.165, 1.54) is 35.1 Å². The topological polar surface area (TPSA) is 48.3 Å². The van der Waals surface area contributed by atoms with Gasteiger partial charge in [-0.15, -0.1) is 0 Å². The number of likely N-dealkylation sites (N-methyl/N-ethyl adjacent to an activating group) is 1. The highest BCUT2D eigenvalue weighted by Crippen LogP contribution is 2.21. The van der Waals surface area contributed by atoms with Crippen molar-refractivity contribution in [2.45, 2.75) is 13.1 Å². The molecule has 1 aromatic heterocycles. The molecule has 3 rings (SSSR count). The van der Waals surface area contributed by atoms with Gasteiger partial charge in [-0.1, -0.05) is 12.1 Å². The van der Waals surface area contributed by atoms with Crippen LogP contribution in [-0.2, 0) is 13.1 Å². The molecule has 1 saturated heterocycles. The van der Waals surface area contributed by atoms with E-state index in [0.29, 0.717) is 6.54 Å². The van der Waals surface area contributed by atoms with Gasteiger partial charge in [0.25, 0.3) is 0 Å². The van der Waals surface area contributed by atoms with E-state index in [2.05, 4.69) is 46.2 Å². The first-order chi connectivity index (χ1) is 9.26. The molecule has 0 aliphatic carbocycles. The first-order valence-electron chi connectivity index (χ1n) is 6.96. The quantitative estimate of drug-likeness (QED) is 0.874. The summed E-state index contributed by atoms with van der Waals surface area (Å²) >= 11 is 0. The molecule has 1 fully saturated rings. The largest absolute Gasteiger partial charge is 0.361 e. The van der Waals surface area contributed by atoms with Crippen LogP contribution in [0.4, 0.5) is 0 Å². The van der Waals surface area contributed by atoms with Crippen LogP contribution in [-0.4, -0.2) is 48.0 Å². The van der Waals surface area contributed by atoms with Crippen LogP contribution in [0.25, 0.3) is 10.9 Å². The van der Waals surface area contributed by atoms with Crippen molar-refractivity contribution >= 4 is 10.9 Å². The van der Waals surface area contributed by atoms with Crippen molar-refractivity contribution in [2.24, 2.45) is 5.73 Å². The summed E-state index contributed by atoms with van der Waals surface area (Å²) in [6, 6.07) is 6.48. The van der Waals surface area contributed by atoms with Crippen molar-refractivity contribution in [3.63, 3.8) is 0 Å². The third-order valence-electron chi connectivity index (χ3n) is 4.06. The van der Waals surface area contributed by atoms with Gasteiger partial charge >= 0.3 is 0 Å². The fraction of sp³-hybridized carbons (Fsp3) is 0.467. The smallest absolute Gasteiger partial charge is 0.0460 e. The van der Waals surface area contributed by atoms with Crippen molar-refractivity contribution < 1.29 is 0 Å². The Morgan fingerprint density at radius 1 is 1.21 bits per heavy atom. The minimum atomic E-state index is 0.600. The highest BCUT2D eigenvalue weighted by Gasteiger charge is 2.15. The molecule has 3 N–H and O–H groups in total. The molecule has 1 aromatic carbocycles. The van der Waals surface area contributed by atoms with Gasteiger partial charge in [-0.25, -0.2) is 0 Å². The molecule has 0 spiro atoms. The van der Waals surface area contributed by atoms with Gasteiger partial charge in [0.05, 0.1) is 0 Å². The van der Waals surface area contributed by atoms with Crippen LogP contribution in [0, 0.1) is 0 Å². The van der Waals surface area contributed by atoms with Crippen molar-refractivity contribution in [1.29, 1.82) is 0 Å². The predicted octanol–water partition coefficient (Wildman–Crippen LogP) is 1.37. The molecule has 0 radical (unpaired) electrons. The van der Waals surface area contributed by atoms with Crippen LogP contribution in [0.2, 0.25) is 0 Å². The normalized spacial score (nSPS) is 18.2. The highest BCUT2D eigenvalue weighted by molar-refractivity contribution is 5.83. The molecule has 0 bridgehead atoms. The number of rotatable bonds is 3. The summed E-state index contributed by atoms with van der Waals surface area (Å²) in [7, 11) is 2.19. The third kappa shape index (κ3) is 2.66. The van der Waals surface area contributed by atoms with Gasteiger partial charge in [0.1, 0.15) is 0 Å². The van der Waals surface area contributed by atoms with Gasteiger partial charge in [-0.2, -0.15) is 0 Å². The Morgan fingerprint density at radius 2 is 2.00 bits per heavy atom. The minimum absolute atomic E-state index is 0.600. The number of nitrogens with one attached hydrogen (secondary N) is 1. The number of hydrogen-bond acceptors (Lipinski definition) is 3. The molecular formula is C15H22N4. The maximum Gasteiger partial charge on any atom is 0.0460 e. The first kappa shape index (κ1) is 12.7. The lowest BCUT2D eigenvalue weighted by Crippen LogP contribution is -2.43. The SMILES string of the molecule is CN1CCN(Cc2c[nH]c3cc(CN)ccc23)CC1. The molecule has 0 atom stereocenters. The Bertz CT molecular complexity index is 552. The van der Waals surface area contributed by atoms with Gasteiger partial charge in [0.2, 0.25) is 0 Å². The van der Waals surface area contributed by atoms with Gasteiger partial charge in [0, 0.05) is 56.4 Å². The fourth-order valence-electron chi connectivity index (χ4n) is 2.74. The Hall–Kier alpha value is -1.36. The number of fused-ring (bicyclic) bond motifs is 1. The average molecular weight is 258 g/mol. The summed E-state index contributed by atoms with van der Waals surface area (Å²) in [6.45, 7) is 6.28. The fourth-order valence-corrected chi connectivity index (χ4v) is 2.74. The van der Waals surface area contributed by atoms with E-state index < -0.39 is 0 Å². The van der Waals surface area contributed by atoms with Crippen molar-refractivity contribution in [1.82, 2.24) is 14.8 Å². The van der Waals surface area contributed by atoms with E-state index in [1.54, 1.807) is 0 Å². The second kappa shape index (κ2) is 5.33. The molecule has 1 aliphatic heterocycles. The molecule has 2 aromatic rings. The lowest BCUT2D eigenvalue weighted by molar-refractivity contribution is 0.148. The first-order valence-corrected chi connectivity index (χ1v) is 6.96. The predicted molar refractivity (Wildman–Crippen MR) is 79.0 cm³/mol. The number of aromatic amines is 1. The number of aromatic nitrogens is 1. The minimum Gasteiger partial charge on any atom is -0.361 e. The van der Waals surface area contributed by atoms with Crippen LogP contribution in [0.15, 0.2) is 24.4 Å². The van der Waals surface area contributed by atoms with E-state index in [0.717, 1.165) is 19.6 Å². The van der Waals surface area contributed by atoms with Gasteiger partial charge in [0.15, 0.2) is 0 Å². The Morgan fingerprint density at radius 3 is 2.74 bits per heavy atom. The van der Waals surface area contributed by atoms with E-state index in [9.17, 15) is 0 Å². The maximum absolute atomic E-state index is 5.68. The zero-order valence-electron chi connectivity index (χ0n) is 11.5. The van der Waals surface area contributed by atoms with Crippen LogP contribution in [0.1, 0.15) is 11.1 Å². The van der Waals surface area contributed by atoms with Crippen molar-refractivity contribution in [3.8, 4) is 0 Å². The summed E-state index contributed by atoms with van der Waals surface area (Å²) < 4.78 is 0.